The summed E-state index contributed by atoms with van der Waals surface area (Å²) in [6.07, 6.45) is 1.09. The van der Waals surface area contributed by atoms with Crippen LogP contribution in [0.25, 0.3) is 0 Å². The zero-order valence-electron chi connectivity index (χ0n) is 17.0. The summed E-state index contributed by atoms with van der Waals surface area (Å²) in [4.78, 5) is 26.2. The smallest absolute Gasteiger partial charge is 0.323 e. The predicted molar refractivity (Wildman–Crippen MR) is 114 cm³/mol. The summed E-state index contributed by atoms with van der Waals surface area (Å²) in [5.41, 5.74) is 0.113. The molecule has 1 atom stereocenters. The number of nitrogens with one attached hydrogen (secondary N) is 1. The molecule has 2 fully saturated rings. The van der Waals surface area contributed by atoms with Gasteiger partial charge in [-0.05, 0) is 37.0 Å². The van der Waals surface area contributed by atoms with Crippen LogP contribution < -0.4 is 5.32 Å². The zero-order valence-corrected chi connectivity index (χ0v) is 17.8. The summed E-state index contributed by atoms with van der Waals surface area (Å²) in [6.45, 7) is -0.0140. The Morgan fingerprint density at radius 3 is 2.19 bits per heavy atom. The Labute approximate surface area is 181 Å². The molecule has 164 valence electrons. The number of amides is 1. The summed E-state index contributed by atoms with van der Waals surface area (Å²) in [6, 6.07) is 17.2. The molecule has 1 spiro atoms. The van der Waals surface area contributed by atoms with Crippen molar-refractivity contribution >= 4 is 21.9 Å². The van der Waals surface area contributed by atoms with Crippen LogP contribution in [0, 0.1) is 0 Å². The van der Waals surface area contributed by atoms with Crippen molar-refractivity contribution in [2.75, 3.05) is 19.6 Å². The zero-order chi connectivity index (χ0) is 22.1. The van der Waals surface area contributed by atoms with Crippen LogP contribution in [0.5, 0.6) is 0 Å². The van der Waals surface area contributed by atoms with Crippen molar-refractivity contribution in [2.24, 2.45) is 0 Å². The molecule has 0 saturated carbocycles. The summed E-state index contributed by atoms with van der Waals surface area (Å²) in [5.74, 6) is -1.35. The lowest BCUT2D eigenvalue weighted by molar-refractivity contribution is -0.147. The molecule has 1 unspecified atom stereocenters. The van der Waals surface area contributed by atoms with Gasteiger partial charge in [-0.25, -0.2) is 8.42 Å². The van der Waals surface area contributed by atoms with Gasteiger partial charge >= 0.3 is 5.97 Å². The second-order valence-electron chi connectivity index (χ2n) is 7.95. The van der Waals surface area contributed by atoms with Crippen LogP contribution >= 0.6 is 0 Å². The van der Waals surface area contributed by atoms with E-state index in [1.54, 1.807) is 30.3 Å². The van der Waals surface area contributed by atoms with Crippen molar-refractivity contribution in [3.63, 3.8) is 0 Å². The Kier molecular flexibility index (Phi) is 5.83. The molecule has 2 aliphatic rings. The first-order valence-electron chi connectivity index (χ1n) is 10.2. The first-order chi connectivity index (χ1) is 14.8. The Bertz CT molecular complexity index is 1050. The van der Waals surface area contributed by atoms with Crippen LogP contribution in [0.4, 0.5) is 0 Å². The minimum absolute atomic E-state index is 0.200. The molecule has 9 heteroatoms. The maximum Gasteiger partial charge on any atom is 0.323 e. The van der Waals surface area contributed by atoms with Crippen molar-refractivity contribution in [1.82, 2.24) is 14.5 Å². The highest BCUT2D eigenvalue weighted by atomic mass is 32.2. The highest BCUT2D eigenvalue weighted by molar-refractivity contribution is 7.89. The number of piperidine rings is 1. The van der Waals surface area contributed by atoms with E-state index in [1.165, 1.54) is 9.21 Å². The highest BCUT2D eigenvalue weighted by Gasteiger charge is 2.52. The Morgan fingerprint density at radius 1 is 1.03 bits per heavy atom. The van der Waals surface area contributed by atoms with E-state index in [1.807, 2.05) is 30.3 Å². The number of sulfonamides is 1. The van der Waals surface area contributed by atoms with E-state index >= 15 is 0 Å². The van der Waals surface area contributed by atoms with Gasteiger partial charge in [0.2, 0.25) is 15.9 Å². The topological polar surface area (TPSA) is 107 Å². The lowest BCUT2D eigenvalue weighted by atomic mass is 9.97. The largest absolute Gasteiger partial charge is 0.480 e. The molecule has 2 aliphatic heterocycles. The molecule has 2 saturated heterocycles. The number of hydrogen-bond acceptors (Lipinski definition) is 5. The second-order valence-corrected chi connectivity index (χ2v) is 9.89. The van der Waals surface area contributed by atoms with Gasteiger partial charge in [-0.3, -0.25) is 14.9 Å². The normalized spacial score (nSPS) is 21.5. The van der Waals surface area contributed by atoms with Gasteiger partial charge in [0.15, 0.2) is 0 Å². The van der Waals surface area contributed by atoms with E-state index in [-0.39, 0.29) is 23.9 Å². The van der Waals surface area contributed by atoms with Crippen molar-refractivity contribution in [3.05, 3.63) is 66.2 Å². The van der Waals surface area contributed by atoms with Crippen molar-refractivity contribution in [3.8, 4) is 0 Å². The number of carboxylic acid groups (broad SMARTS) is 1. The number of aliphatic carboxylic acids is 1. The number of nitrogens with zero attached hydrogens (tertiary/aromatic N) is 2. The van der Waals surface area contributed by atoms with E-state index in [0.717, 1.165) is 5.56 Å². The molecular formula is C22H25N3O5S. The minimum Gasteiger partial charge on any atom is -0.480 e. The summed E-state index contributed by atoms with van der Waals surface area (Å²) < 4.78 is 27.3. The van der Waals surface area contributed by atoms with Crippen LogP contribution in [-0.4, -0.2) is 65.9 Å². The fourth-order valence-corrected chi connectivity index (χ4v) is 5.93. The average Bonchev–Trinajstić information content (AvgIpc) is 3.00. The monoisotopic (exact) mass is 443 g/mol. The molecule has 0 aromatic heterocycles. The summed E-state index contributed by atoms with van der Waals surface area (Å²) in [7, 11) is -3.64. The molecule has 1 amide bonds. The first kappa shape index (κ1) is 21.5. The lowest BCUT2D eigenvalue weighted by Crippen LogP contribution is -2.60. The first-order valence-corrected chi connectivity index (χ1v) is 11.7. The molecular weight excluding hydrogens is 418 g/mol. The Hall–Kier alpha value is -2.75. The lowest BCUT2D eigenvalue weighted by Gasteiger charge is -2.43. The fraction of sp³-hybridized carbons (Fsp3) is 0.364. The van der Waals surface area contributed by atoms with Gasteiger partial charge in [-0.1, -0.05) is 48.5 Å². The fourth-order valence-electron chi connectivity index (χ4n) is 4.47. The van der Waals surface area contributed by atoms with Crippen LogP contribution in [0.15, 0.2) is 65.6 Å². The Balaban J connectivity index is 1.54. The molecule has 8 nitrogen and oxygen atoms in total. The molecule has 0 bridgehead atoms. The SMILES string of the molecule is O=C(O)CN1C(=O)C(Cc2ccccc2)NC12CCN(S(=O)(=O)c1ccccc1)CC2. The van der Waals surface area contributed by atoms with Gasteiger partial charge in [0.05, 0.1) is 16.6 Å². The predicted octanol–water partition coefficient (Wildman–Crippen LogP) is 1.30. The number of hydrogen-bond donors (Lipinski definition) is 2. The molecule has 2 N–H and O–H groups in total. The van der Waals surface area contributed by atoms with Gasteiger partial charge in [-0.2, -0.15) is 4.31 Å². The van der Waals surface area contributed by atoms with Gasteiger partial charge in [0.25, 0.3) is 0 Å². The van der Waals surface area contributed by atoms with Gasteiger partial charge in [0.1, 0.15) is 6.54 Å². The molecule has 2 aromatic carbocycles. The van der Waals surface area contributed by atoms with Gasteiger partial charge in [0, 0.05) is 13.1 Å². The van der Waals surface area contributed by atoms with Crippen molar-refractivity contribution in [1.29, 1.82) is 0 Å². The maximum absolute atomic E-state index is 13.1. The minimum atomic E-state index is -3.64. The summed E-state index contributed by atoms with van der Waals surface area (Å²) >= 11 is 0. The second kappa shape index (κ2) is 8.41. The quantitative estimate of drug-likeness (QED) is 0.697. The number of carboxylic acids is 1. The van der Waals surface area contributed by atoms with Crippen LogP contribution in [0.2, 0.25) is 0 Å². The number of rotatable bonds is 6. The van der Waals surface area contributed by atoms with E-state index < -0.39 is 34.2 Å². The standard InChI is InChI=1S/C22H25N3O5S/c26-20(27)16-25-21(28)19(15-17-7-3-1-4-8-17)23-22(25)11-13-24(14-12-22)31(29,30)18-9-5-2-6-10-18/h1-10,19,23H,11-16H2,(H,26,27). The van der Waals surface area contributed by atoms with E-state index in [4.69, 9.17) is 0 Å². The third kappa shape index (κ3) is 4.21. The van der Waals surface area contributed by atoms with E-state index in [9.17, 15) is 23.1 Å². The third-order valence-corrected chi connectivity index (χ3v) is 7.94. The van der Waals surface area contributed by atoms with E-state index in [0.29, 0.717) is 19.3 Å². The van der Waals surface area contributed by atoms with Crippen molar-refractivity contribution < 1.29 is 23.1 Å². The van der Waals surface area contributed by atoms with Crippen LogP contribution in [-0.2, 0) is 26.0 Å². The van der Waals surface area contributed by atoms with Crippen LogP contribution in [0.3, 0.4) is 0 Å². The molecule has 31 heavy (non-hydrogen) atoms. The summed E-state index contributed by atoms with van der Waals surface area (Å²) in [5, 5.41) is 12.7. The molecule has 2 heterocycles. The van der Waals surface area contributed by atoms with Gasteiger partial charge < -0.3 is 10.0 Å². The van der Waals surface area contributed by atoms with Crippen molar-refractivity contribution in [2.45, 2.75) is 35.9 Å². The maximum atomic E-state index is 13.1. The number of carbonyl (C=O) groups is 2. The molecule has 4 rings (SSSR count). The molecule has 0 radical (unpaired) electrons. The van der Waals surface area contributed by atoms with Gasteiger partial charge in [-0.15, -0.1) is 0 Å². The highest BCUT2D eigenvalue weighted by Crippen LogP contribution is 2.35. The average molecular weight is 444 g/mol. The number of benzene rings is 2. The third-order valence-electron chi connectivity index (χ3n) is 6.03. The molecule has 0 aliphatic carbocycles. The van der Waals surface area contributed by atoms with Crippen LogP contribution in [0.1, 0.15) is 18.4 Å². The molecule has 2 aromatic rings. The van der Waals surface area contributed by atoms with E-state index in [2.05, 4.69) is 5.32 Å². The number of carbonyl (C=O) groups excluding carboxylic acids is 1. The Morgan fingerprint density at radius 2 is 1.61 bits per heavy atom.